The molecule has 4 rings (SSSR count). The minimum absolute atomic E-state index is 0.389. The minimum Gasteiger partial charge on any atom is -0.332 e. The van der Waals surface area contributed by atoms with Crippen molar-refractivity contribution in [3.63, 3.8) is 0 Å². The van der Waals surface area contributed by atoms with Gasteiger partial charge >= 0.3 is 0 Å². The van der Waals surface area contributed by atoms with Gasteiger partial charge in [0.05, 0.1) is 10.2 Å². The molecule has 0 spiro atoms. The maximum atomic E-state index is 5.42. The summed E-state index contributed by atoms with van der Waals surface area (Å²) in [7, 11) is 0. The molecule has 0 aliphatic rings. The molecule has 0 saturated carbocycles. The fourth-order valence-electron chi connectivity index (χ4n) is 2.33. The van der Waals surface area contributed by atoms with Crippen LogP contribution in [0.2, 0.25) is 0 Å². The van der Waals surface area contributed by atoms with Crippen LogP contribution < -0.4 is 10.6 Å². The van der Waals surface area contributed by atoms with E-state index in [0.29, 0.717) is 15.8 Å². The smallest absolute Gasteiger partial charge is 0.234 e. The molecule has 0 fully saturated rings. The van der Waals surface area contributed by atoms with Crippen LogP contribution in [0.5, 0.6) is 0 Å². The molecule has 0 atom stereocenters. The third kappa shape index (κ3) is 2.86. The molecule has 4 aromatic rings. The lowest BCUT2D eigenvalue weighted by Crippen LogP contribution is -2.20. The van der Waals surface area contributed by atoms with E-state index in [4.69, 9.17) is 24.4 Å². The highest BCUT2D eigenvalue weighted by atomic mass is 32.1. The second-order valence-electron chi connectivity index (χ2n) is 4.96. The second kappa shape index (κ2) is 6.23. The van der Waals surface area contributed by atoms with Crippen molar-refractivity contribution in [1.82, 2.24) is 14.4 Å². The third-order valence-electron chi connectivity index (χ3n) is 3.35. The quantitative estimate of drug-likeness (QED) is 0.508. The number of rotatable bonds is 2. The van der Waals surface area contributed by atoms with E-state index >= 15 is 0 Å². The largest absolute Gasteiger partial charge is 0.332 e. The Morgan fingerprint density at radius 1 is 0.958 bits per heavy atom. The molecule has 0 aliphatic carbocycles. The molecule has 24 heavy (non-hydrogen) atoms. The minimum atomic E-state index is 0.389. The Bertz CT molecular complexity index is 1100. The van der Waals surface area contributed by atoms with Crippen LogP contribution in [0.4, 0.5) is 11.6 Å². The van der Waals surface area contributed by atoms with Crippen molar-refractivity contribution in [3.8, 4) is 0 Å². The second-order valence-corrected chi connectivity index (χ2v) is 6.75. The monoisotopic (exact) mass is 369 g/mol. The lowest BCUT2D eigenvalue weighted by Gasteiger charge is -2.09. The molecule has 5 nitrogen and oxygen atoms in total. The van der Waals surface area contributed by atoms with Gasteiger partial charge in [-0.05, 0) is 48.7 Å². The van der Waals surface area contributed by atoms with Gasteiger partial charge in [-0.25, -0.2) is 0 Å². The Morgan fingerprint density at radius 3 is 2.54 bits per heavy atom. The summed E-state index contributed by atoms with van der Waals surface area (Å²) in [6.45, 7) is 0. The molecular formula is C16H11N5S3. The van der Waals surface area contributed by atoms with Crippen LogP contribution in [0.25, 0.3) is 15.2 Å². The zero-order valence-corrected chi connectivity index (χ0v) is 14.7. The van der Waals surface area contributed by atoms with E-state index in [2.05, 4.69) is 20.6 Å². The number of thiazole rings is 1. The van der Waals surface area contributed by atoms with Gasteiger partial charge in [0.25, 0.3) is 0 Å². The first-order valence-corrected chi connectivity index (χ1v) is 8.75. The fraction of sp³-hybridized carbons (Fsp3) is 0. The molecule has 2 aromatic heterocycles. The number of thiocarbonyl (C=S) groups is 1. The molecule has 2 N–H and O–H groups in total. The van der Waals surface area contributed by atoms with E-state index in [1.807, 2.05) is 59.0 Å². The van der Waals surface area contributed by atoms with Crippen LogP contribution in [0.15, 0.2) is 54.6 Å². The van der Waals surface area contributed by atoms with Gasteiger partial charge < -0.3 is 10.6 Å². The standard InChI is InChI=1S/C16H11N5S3/c22-14(17-10-6-2-1-3-7-10)18-13-19-15(23)21-11-8-4-5-9-12(11)24-16(21)20-13/h1-9H,(H2,17,18,19,22,23). The highest BCUT2D eigenvalue weighted by molar-refractivity contribution is 7.80. The molecule has 118 valence electrons. The van der Waals surface area contributed by atoms with E-state index in [0.717, 1.165) is 20.9 Å². The zero-order valence-electron chi connectivity index (χ0n) is 12.3. The number of hydrogen-bond acceptors (Lipinski definition) is 5. The molecular weight excluding hydrogens is 358 g/mol. The summed E-state index contributed by atoms with van der Waals surface area (Å²) in [5.41, 5.74) is 1.91. The third-order valence-corrected chi connectivity index (χ3v) is 4.85. The summed E-state index contributed by atoms with van der Waals surface area (Å²) in [5, 5.41) is 6.50. The van der Waals surface area contributed by atoms with Crippen molar-refractivity contribution < 1.29 is 0 Å². The highest BCUT2D eigenvalue weighted by Crippen LogP contribution is 2.25. The van der Waals surface area contributed by atoms with Gasteiger partial charge in [-0.2, -0.15) is 9.97 Å². The molecule has 0 amide bonds. The maximum absolute atomic E-state index is 5.42. The summed E-state index contributed by atoms with van der Waals surface area (Å²) in [5.74, 6) is 0.389. The van der Waals surface area contributed by atoms with Gasteiger partial charge in [0.15, 0.2) is 10.1 Å². The van der Waals surface area contributed by atoms with Crippen molar-refractivity contribution in [2.75, 3.05) is 10.6 Å². The number of aromatic nitrogens is 3. The lowest BCUT2D eigenvalue weighted by atomic mass is 10.3. The molecule has 2 aromatic carbocycles. The van der Waals surface area contributed by atoms with Crippen molar-refractivity contribution >= 4 is 67.7 Å². The van der Waals surface area contributed by atoms with E-state index in [9.17, 15) is 0 Å². The number of nitrogens with one attached hydrogen (secondary N) is 2. The van der Waals surface area contributed by atoms with Gasteiger partial charge in [-0.15, -0.1) is 0 Å². The Balaban J connectivity index is 1.66. The molecule has 8 heteroatoms. The average molecular weight is 370 g/mol. The van der Waals surface area contributed by atoms with Gasteiger partial charge in [0.1, 0.15) is 0 Å². The first-order chi connectivity index (χ1) is 11.7. The Kier molecular flexibility index (Phi) is 3.93. The Morgan fingerprint density at radius 2 is 1.71 bits per heavy atom. The predicted molar refractivity (Wildman–Crippen MR) is 105 cm³/mol. The zero-order chi connectivity index (χ0) is 16.5. The molecule has 0 unspecified atom stereocenters. The van der Waals surface area contributed by atoms with Gasteiger partial charge in [0, 0.05) is 5.69 Å². The summed E-state index contributed by atoms with van der Waals surface area (Å²) in [4.78, 5) is 9.64. The molecule has 0 saturated heterocycles. The molecule has 2 heterocycles. The number of nitrogens with zero attached hydrogens (tertiary/aromatic N) is 3. The number of fused-ring (bicyclic) bond motifs is 3. The van der Waals surface area contributed by atoms with E-state index < -0.39 is 0 Å². The van der Waals surface area contributed by atoms with Crippen molar-refractivity contribution in [1.29, 1.82) is 0 Å². The SMILES string of the molecule is S=C(Nc1ccccc1)Nc1nc(=S)n2c(n1)sc1ccccc12. The number of benzene rings is 2. The average Bonchev–Trinajstić information content (AvgIpc) is 2.94. The van der Waals surface area contributed by atoms with E-state index in [1.165, 1.54) is 0 Å². The van der Waals surface area contributed by atoms with Gasteiger partial charge in [-0.3, -0.25) is 4.40 Å². The summed E-state index contributed by atoms with van der Waals surface area (Å²) >= 11 is 12.3. The van der Waals surface area contributed by atoms with Crippen LogP contribution in [0, 0.1) is 4.77 Å². The molecule has 0 bridgehead atoms. The number of hydrogen-bond donors (Lipinski definition) is 2. The van der Waals surface area contributed by atoms with Crippen molar-refractivity contribution in [2.24, 2.45) is 0 Å². The Hall–Kier alpha value is -2.42. The van der Waals surface area contributed by atoms with Crippen LogP contribution in [-0.2, 0) is 0 Å². The van der Waals surface area contributed by atoms with E-state index in [1.54, 1.807) is 11.3 Å². The van der Waals surface area contributed by atoms with Crippen LogP contribution >= 0.6 is 35.8 Å². The van der Waals surface area contributed by atoms with E-state index in [-0.39, 0.29) is 0 Å². The predicted octanol–water partition coefficient (Wildman–Crippen LogP) is 4.48. The number of para-hydroxylation sites is 2. The van der Waals surface area contributed by atoms with Crippen LogP contribution in [-0.4, -0.2) is 19.5 Å². The van der Waals surface area contributed by atoms with Crippen LogP contribution in [0.3, 0.4) is 0 Å². The van der Waals surface area contributed by atoms with Gasteiger partial charge in [-0.1, -0.05) is 41.7 Å². The molecule has 0 radical (unpaired) electrons. The fourth-order valence-corrected chi connectivity index (χ4v) is 3.88. The first kappa shape index (κ1) is 15.1. The Labute approximate surface area is 152 Å². The van der Waals surface area contributed by atoms with Gasteiger partial charge in [0.2, 0.25) is 10.7 Å². The normalized spacial score (nSPS) is 10.8. The first-order valence-electron chi connectivity index (χ1n) is 7.12. The van der Waals surface area contributed by atoms with Crippen molar-refractivity contribution in [3.05, 3.63) is 59.4 Å². The molecule has 0 aliphatic heterocycles. The summed E-state index contributed by atoms with van der Waals surface area (Å²) < 4.78 is 3.43. The topological polar surface area (TPSA) is 54.2 Å². The number of anilines is 2. The lowest BCUT2D eigenvalue weighted by molar-refractivity contribution is 1.04. The highest BCUT2D eigenvalue weighted by Gasteiger charge is 2.09. The summed E-state index contributed by atoms with van der Waals surface area (Å²) in [6.07, 6.45) is 0. The summed E-state index contributed by atoms with van der Waals surface area (Å²) in [6, 6.07) is 17.7. The maximum Gasteiger partial charge on any atom is 0.234 e. The van der Waals surface area contributed by atoms with Crippen LogP contribution in [0.1, 0.15) is 0 Å². The van der Waals surface area contributed by atoms with Crippen molar-refractivity contribution in [2.45, 2.75) is 0 Å².